The third kappa shape index (κ3) is 8.16. The molecule has 0 N–H and O–H groups in total. The van der Waals surface area contributed by atoms with Crippen LogP contribution in [0.3, 0.4) is 0 Å². The molecule has 0 fully saturated rings. The molecule has 0 aliphatic heterocycles. The number of rotatable bonds is 7. The second-order valence-corrected chi connectivity index (χ2v) is 8.08. The standard InChI is InChI=1S/C8H17O4P/c1-11-7-13(2,3)5-4-12-6-8(9)10/h4-7H2,1-3H3. The van der Waals surface area contributed by atoms with Crippen molar-refractivity contribution < 1.29 is 19.4 Å². The predicted octanol–water partition coefficient (Wildman–Crippen LogP) is -0.366. The molecule has 0 aromatic carbocycles. The number of methoxy groups -OCH3 is 1. The summed E-state index contributed by atoms with van der Waals surface area (Å²) in [5.41, 5.74) is 0. The zero-order chi connectivity index (χ0) is 10.3. The number of hydrogen-bond donors (Lipinski definition) is 0. The lowest BCUT2D eigenvalue weighted by Gasteiger charge is -2.16. The number of carboxylic acids is 1. The Labute approximate surface area is 79.6 Å². The maximum Gasteiger partial charge on any atom is 0.156 e. The molecular formula is C8H17O4P. The average Bonchev–Trinajstić information content (AvgIpc) is 1.98. The molecule has 0 bridgehead atoms. The van der Waals surface area contributed by atoms with Crippen molar-refractivity contribution in [3.63, 3.8) is 0 Å². The first-order chi connectivity index (χ1) is 5.98. The van der Waals surface area contributed by atoms with E-state index in [0.717, 1.165) is 12.5 Å². The summed E-state index contributed by atoms with van der Waals surface area (Å²) < 4.78 is 9.94. The van der Waals surface area contributed by atoms with E-state index >= 15 is 0 Å². The first-order valence-corrected chi connectivity index (χ1v) is 7.12. The van der Waals surface area contributed by atoms with Gasteiger partial charge in [0.15, 0.2) is 6.35 Å². The van der Waals surface area contributed by atoms with Gasteiger partial charge >= 0.3 is 0 Å². The summed E-state index contributed by atoms with van der Waals surface area (Å²) in [5.74, 6) is -1.16. The first kappa shape index (κ1) is 12.8. The summed E-state index contributed by atoms with van der Waals surface area (Å²) in [6.45, 7) is 4.46. The largest absolute Gasteiger partial charge is 0.548 e. The van der Waals surface area contributed by atoms with Crippen molar-refractivity contribution >= 4 is 13.2 Å². The highest BCUT2D eigenvalue weighted by molar-refractivity contribution is 7.74. The molecule has 0 unspecified atom stereocenters. The Morgan fingerprint density at radius 2 is 2.08 bits per heavy atom. The fourth-order valence-electron chi connectivity index (χ4n) is 0.881. The van der Waals surface area contributed by atoms with Crippen molar-refractivity contribution in [2.24, 2.45) is 0 Å². The van der Waals surface area contributed by atoms with Gasteiger partial charge in [-0.05, 0) is 0 Å². The molecule has 0 rings (SSSR count). The van der Waals surface area contributed by atoms with E-state index < -0.39 is 13.2 Å². The molecule has 0 atom stereocenters. The van der Waals surface area contributed by atoms with Crippen LogP contribution in [-0.4, -0.2) is 52.1 Å². The molecule has 0 aromatic rings. The minimum Gasteiger partial charge on any atom is -0.548 e. The van der Waals surface area contributed by atoms with Crippen LogP contribution in [0.25, 0.3) is 0 Å². The van der Waals surface area contributed by atoms with E-state index in [2.05, 4.69) is 13.3 Å². The molecule has 0 amide bonds. The van der Waals surface area contributed by atoms with Gasteiger partial charge in [-0.2, -0.15) is 0 Å². The van der Waals surface area contributed by atoms with E-state index in [1.165, 1.54) is 0 Å². The van der Waals surface area contributed by atoms with Crippen LogP contribution in [0.4, 0.5) is 0 Å². The molecule has 0 saturated heterocycles. The number of carboxylic acid groups (broad SMARTS) is 1. The van der Waals surface area contributed by atoms with E-state index in [1.54, 1.807) is 7.11 Å². The Hall–Kier alpha value is -0.180. The molecule has 0 aliphatic rings. The van der Waals surface area contributed by atoms with Crippen molar-refractivity contribution in [2.45, 2.75) is 0 Å². The summed E-state index contributed by atoms with van der Waals surface area (Å²) in [6.07, 6.45) is 1.63. The van der Waals surface area contributed by atoms with Gasteiger partial charge in [0.05, 0.1) is 38.7 Å². The second-order valence-electron chi connectivity index (χ2n) is 3.50. The zero-order valence-electron chi connectivity index (χ0n) is 8.41. The highest BCUT2D eigenvalue weighted by Gasteiger charge is 2.24. The fraction of sp³-hybridized carbons (Fsp3) is 0.875. The van der Waals surface area contributed by atoms with Gasteiger partial charge in [-0.15, -0.1) is 0 Å². The Bertz CT molecular complexity index is 158. The van der Waals surface area contributed by atoms with Gasteiger partial charge in [0.25, 0.3) is 0 Å². The highest BCUT2D eigenvalue weighted by atomic mass is 31.2. The molecule has 0 spiro atoms. The Morgan fingerprint density at radius 3 is 2.54 bits per heavy atom. The molecule has 5 heteroatoms. The van der Waals surface area contributed by atoms with Gasteiger partial charge in [0, 0.05) is 14.4 Å². The summed E-state index contributed by atoms with van der Waals surface area (Å²) in [4.78, 5) is 10.00. The lowest BCUT2D eigenvalue weighted by molar-refractivity contribution is -0.309. The summed E-state index contributed by atoms with van der Waals surface area (Å²) in [5, 5.41) is 10.00. The van der Waals surface area contributed by atoms with Gasteiger partial charge in [0.2, 0.25) is 0 Å². The van der Waals surface area contributed by atoms with E-state index in [4.69, 9.17) is 9.47 Å². The SMILES string of the molecule is COC[P+](C)(C)CCOCC(=O)[O-]. The summed E-state index contributed by atoms with van der Waals surface area (Å²) >= 11 is 0. The molecule has 4 nitrogen and oxygen atoms in total. The van der Waals surface area contributed by atoms with Gasteiger partial charge in [-0.3, -0.25) is 0 Å². The molecule has 0 radical (unpaired) electrons. The third-order valence-electron chi connectivity index (χ3n) is 1.54. The van der Waals surface area contributed by atoms with Crippen molar-refractivity contribution in [3.8, 4) is 0 Å². The summed E-state index contributed by atoms with van der Waals surface area (Å²) in [6, 6.07) is 0. The Morgan fingerprint density at radius 1 is 1.46 bits per heavy atom. The van der Waals surface area contributed by atoms with Crippen LogP contribution >= 0.6 is 7.26 Å². The minimum absolute atomic E-state index is 0.313. The van der Waals surface area contributed by atoms with Gasteiger partial charge in [0.1, 0.15) is 0 Å². The number of carbonyl (C=O) groups excluding carboxylic acids is 1. The molecule has 0 heterocycles. The fourth-order valence-corrected chi connectivity index (χ4v) is 2.33. The normalized spacial score (nSPS) is 11.6. The molecule has 0 saturated carbocycles. The minimum atomic E-state index is -1.16. The third-order valence-corrected chi connectivity index (χ3v) is 3.89. The van der Waals surface area contributed by atoms with Crippen molar-refractivity contribution in [1.82, 2.24) is 0 Å². The lowest BCUT2D eigenvalue weighted by atomic mass is 10.7. The van der Waals surface area contributed by atoms with Crippen LogP contribution in [0.15, 0.2) is 0 Å². The van der Waals surface area contributed by atoms with Gasteiger partial charge < -0.3 is 19.4 Å². The molecule has 13 heavy (non-hydrogen) atoms. The maximum absolute atomic E-state index is 10.00. The zero-order valence-corrected chi connectivity index (χ0v) is 9.30. The highest BCUT2D eigenvalue weighted by Crippen LogP contribution is 2.50. The van der Waals surface area contributed by atoms with E-state index in [0.29, 0.717) is 6.61 Å². The Balaban J connectivity index is 3.45. The van der Waals surface area contributed by atoms with Crippen LogP contribution in [0.5, 0.6) is 0 Å². The van der Waals surface area contributed by atoms with Crippen LogP contribution < -0.4 is 5.11 Å². The number of aliphatic carboxylic acids is 1. The molecule has 78 valence electrons. The topological polar surface area (TPSA) is 58.6 Å². The second kappa shape index (κ2) is 6.30. The van der Waals surface area contributed by atoms with Crippen LogP contribution in [-0.2, 0) is 14.3 Å². The van der Waals surface area contributed by atoms with E-state index in [-0.39, 0.29) is 6.61 Å². The van der Waals surface area contributed by atoms with Crippen LogP contribution in [0, 0.1) is 0 Å². The summed E-state index contributed by atoms with van der Waals surface area (Å²) in [7, 11) is 0.607. The smallest absolute Gasteiger partial charge is 0.156 e. The number of hydrogen-bond acceptors (Lipinski definition) is 4. The van der Waals surface area contributed by atoms with Crippen molar-refractivity contribution in [1.29, 1.82) is 0 Å². The number of carbonyl (C=O) groups is 1. The quantitative estimate of drug-likeness (QED) is 0.423. The van der Waals surface area contributed by atoms with Crippen molar-refractivity contribution in [2.75, 3.05) is 46.2 Å². The molecule has 0 aromatic heterocycles. The lowest BCUT2D eigenvalue weighted by Crippen LogP contribution is -2.28. The first-order valence-electron chi connectivity index (χ1n) is 4.06. The van der Waals surface area contributed by atoms with E-state index in [1.807, 2.05) is 0 Å². The van der Waals surface area contributed by atoms with Crippen LogP contribution in [0.1, 0.15) is 0 Å². The van der Waals surface area contributed by atoms with Gasteiger partial charge in [-0.25, -0.2) is 0 Å². The maximum atomic E-state index is 10.00. The number of ether oxygens (including phenoxy) is 2. The monoisotopic (exact) mass is 208 g/mol. The molecule has 0 aliphatic carbocycles. The van der Waals surface area contributed by atoms with Crippen LogP contribution in [0.2, 0.25) is 0 Å². The van der Waals surface area contributed by atoms with Gasteiger partial charge in [-0.1, -0.05) is 0 Å². The molecular weight excluding hydrogens is 191 g/mol. The van der Waals surface area contributed by atoms with E-state index in [9.17, 15) is 9.90 Å². The van der Waals surface area contributed by atoms with Crippen molar-refractivity contribution in [3.05, 3.63) is 0 Å². The average molecular weight is 208 g/mol. The predicted molar refractivity (Wildman–Crippen MR) is 51.3 cm³/mol. The Kier molecular flexibility index (Phi) is 6.21.